The van der Waals surface area contributed by atoms with E-state index in [4.69, 9.17) is 17.3 Å². The van der Waals surface area contributed by atoms with Crippen LogP contribution >= 0.6 is 11.6 Å². The molecule has 104 valence electrons. The monoisotopic (exact) mass is 278 g/mol. The van der Waals surface area contributed by atoms with Gasteiger partial charge in [0.05, 0.1) is 0 Å². The van der Waals surface area contributed by atoms with Gasteiger partial charge < -0.3 is 10.3 Å². The van der Waals surface area contributed by atoms with Gasteiger partial charge in [0.25, 0.3) is 0 Å². The van der Waals surface area contributed by atoms with Gasteiger partial charge in [-0.05, 0) is 36.5 Å². The first-order chi connectivity index (χ1) is 9.01. The van der Waals surface area contributed by atoms with E-state index < -0.39 is 0 Å². The highest BCUT2D eigenvalue weighted by Gasteiger charge is 2.12. The van der Waals surface area contributed by atoms with E-state index in [9.17, 15) is 0 Å². The minimum Gasteiger partial charge on any atom is -0.347 e. The first-order valence-corrected chi connectivity index (χ1v) is 7.42. The lowest BCUT2D eigenvalue weighted by Crippen LogP contribution is -2.21. The third-order valence-corrected chi connectivity index (χ3v) is 3.73. The van der Waals surface area contributed by atoms with Crippen LogP contribution in [0.15, 0.2) is 24.4 Å². The predicted octanol–water partition coefficient (Wildman–Crippen LogP) is 4.23. The van der Waals surface area contributed by atoms with Gasteiger partial charge >= 0.3 is 0 Å². The lowest BCUT2D eigenvalue weighted by atomic mass is 10.0. The molecule has 1 unspecified atom stereocenters. The molecule has 0 aliphatic heterocycles. The van der Waals surface area contributed by atoms with Crippen molar-refractivity contribution in [2.75, 3.05) is 0 Å². The zero-order valence-corrected chi connectivity index (χ0v) is 12.7. The first kappa shape index (κ1) is 14.4. The molecule has 0 spiro atoms. The van der Waals surface area contributed by atoms with Crippen LogP contribution in [0.2, 0.25) is 5.02 Å². The number of fused-ring (bicyclic) bond motifs is 1. The Morgan fingerprint density at radius 3 is 2.68 bits per heavy atom. The Morgan fingerprint density at radius 2 is 2.05 bits per heavy atom. The number of aromatic nitrogens is 1. The van der Waals surface area contributed by atoms with E-state index in [1.165, 1.54) is 16.5 Å². The van der Waals surface area contributed by atoms with E-state index in [1.807, 2.05) is 6.07 Å². The van der Waals surface area contributed by atoms with Gasteiger partial charge in [0.15, 0.2) is 0 Å². The Labute approximate surface area is 120 Å². The largest absolute Gasteiger partial charge is 0.347 e. The molecule has 19 heavy (non-hydrogen) atoms. The van der Waals surface area contributed by atoms with Gasteiger partial charge in [-0.25, -0.2) is 0 Å². The van der Waals surface area contributed by atoms with E-state index in [2.05, 4.69) is 43.7 Å². The maximum absolute atomic E-state index is 6.13. The second-order valence-corrected chi connectivity index (χ2v) is 6.17. The highest BCUT2D eigenvalue weighted by molar-refractivity contribution is 6.31. The fourth-order valence-corrected chi connectivity index (χ4v) is 2.64. The fraction of sp³-hybridized carbons (Fsp3) is 0.500. The van der Waals surface area contributed by atoms with Crippen molar-refractivity contribution in [2.45, 2.75) is 46.2 Å². The number of rotatable bonds is 5. The van der Waals surface area contributed by atoms with Crippen LogP contribution in [0, 0.1) is 5.92 Å². The number of nitrogens with zero attached hydrogens (tertiary/aromatic N) is 1. The topological polar surface area (TPSA) is 30.9 Å². The molecular weight excluding hydrogens is 256 g/mol. The molecule has 0 fully saturated rings. The molecule has 0 aliphatic carbocycles. The molecular formula is C16H23ClN2. The van der Waals surface area contributed by atoms with Gasteiger partial charge in [-0.2, -0.15) is 0 Å². The highest BCUT2D eigenvalue weighted by atomic mass is 35.5. The summed E-state index contributed by atoms with van der Waals surface area (Å²) in [6.07, 6.45) is 4.18. The van der Waals surface area contributed by atoms with Crippen LogP contribution < -0.4 is 5.73 Å². The summed E-state index contributed by atoms with van der Waals surface area (Å²) in [5, 5.41) is 2.08. The zero-order chi connectivity index (χ0) is 14.0. The van der Waals surface area contributed by atoms with Crippen LogP contribution in [0.4, 0.5) is 0 Å². The molecule has 0 saturated heterocycles. The fourth-order valence-electron chi connectivity index (χ4n) is 2.48. The second-order valence-electron chi connectivity index (χ2n) is 5.73. The molecule has 1 atom stereocenters. The Kier molecular flexibility index (Phi) is 4.54. The summed E-state index contributed by atoms with van der Waals surface area (Å²) >= 11 is 6.13. The lowest BCUT2D eigenvalue weighted by molar-refractivity contribution is 0.533. The Balaban J connectivity index is 2.46. The van der Waals surface area contributed by atoms with Crippen molar-refractivity contribution < 1.29 is 0 Å². The van der Waals surface area contributed by atoms with Crippen molar-refractivity contribution in [1.82, 2.24) is 4.57 Å². The molecule has 0 aliphatic rings. The molecule has 0 amide bonds. The Bertz CT molecular complexity index is 557. The lowest BCUT2D eigenvalue weighted by Gasteiger charge is -2.08. The van der Waals surface area contributed by atoms with E-state index in [0.29, 0.717) is 5.92 Å². The normalized spacial score (nSPS) is 13.4. The Morgan fingerprint density at radius 1 is 1.32 bits per heavy atom. The van der Waals surface area contributed by atoms with Crippen molar-refractivity contribution in [3.05, 3.63) is 35.0 Å². The molecule has 0 bridgehead atoms. The van der Waals surface area contributed by atoms with Crippen LogP contribution in [-0.4, -0.2) is 10.6 Å². The van der Waals surface area contributed by atoms with Crippen LogP contribution in [0.1, 0.15) is 32.8 Å². The highest BCUT2D eigenvalue weighted by Crippen LogP contribution is 2.26. The molecule has 0 saturated carbocycles. The molecule has 2 rings (SSSR count). The summed E-state index contributed by atoms with van der Waals surface area (Å²) in [7, 11) is 0. The smallest absolute Gasteiger partial charge is 0.0498 e. The van der Waals surface area contributed by atoms with Gasteiger partial charge in [0, 0.05) is 34.7 Å². The number of benzene rings is 1. The minimum atomic E-state index is 0.230. The van der Waals surface area contributed by atoms with E-state index in [1.54, 1.807) is 0 Å². The molecule has 0 radical (unpaired) electrons. The van der Waals surface area contributed by atoms with Gasteiger partial charge in [-0.15, -0.1) is 0 Å². The van der Waals surface area contributed by atoms with Crippen molar-refractivity contribution in [1.29, 1.82) is 0 Å². The Hall–Kier alpha value is -0.990. The molecule has 2 aromatic rings. The van der Waals surface area contributed by atoms with Crippen LogP contribution in [0.3, 0.4) is 0 Å². The maximum atomic E-state index is 6.13. The molecule has 3 heteroatoms. The quantitative estimate of drug-likeness (QED) is 0.872. The molecule has 2 nitrogen and oxygen atoms in total. The number of nitrogens with two attached hydrogens (primary N) is 1. The van der Waals surface area contributed by atoms with Crippen molar-refractivity contribution in [2.24, 2.45) is 11.7 Å². The third-order valence-electron chi connectivity index (χ3n) is 3.50. The molecule has 1 aromatic carbocycles. The zero-order valence-electron chi connectivity index (χ0n) is 12.0. The van der Waals surface area contributed by atoms with Gasteiger partial charge in [0.1, 0.15) is 0 Å². The third kappa shape index (κ3) is 3.31. The second kappa shape index (κ2) is 5.98. The van der Waals surface area contributed by atoms with Gasteiger partial charge in [0.2, 0.25) is 0 Å². The SMILES string of the molecule is CCC(N)Cc1cn(CC(C)C)c2cc(Cl)ccc12. The average Bonchev–Trinajstić information content (AvgIpc) is 2.66. The minimum absolute atomic E-state index is 0.230. The van der Waals surface area contributed by atoms with Crippen molar-refractivity contribution >= 4 is 22.5 Å². The summed E-state index contributed by atoms with van der Waals surface area (Å²) in [4.78, 5) is 0. The predicted molar refractivity (Wildman–Crippen MR) is 83.8 cm³/mol. The van der Waals surface area contributed by atoms with E-state index in [-0.39, 0.29) is 6.04 Å². The van der Waals surface area contributed by atoms with Crippen molar-refractivity contribution in [3.63, 3.8) is 0 Å². The van der Waals surface area contributed by atoms with Crippen LogP contribution in [0.25, 0.3) is 10.9 Å². The first-order valence-electron chi connectivity index (χ1n) is 7.04. The van der Waals surface area contributed by atoms with Crippen LogP contribution in [0.5, 0.6) is 0 Å². The summed E-state index contributed by atoms with van der Waals surface area (Å²) in [6, 6.07) is 6.37. The number of hydrogen-bond acceptors (Lipinski definition) is 1. The van der Waals surface area contributed by atoms with Gasteiger partial charge in [-0.1, -0.05) is 38.4 Å². The average molecular weight is 279 g/mol. The van der Waals surface area contributed by atoms with E-state index in [0.717, 1.165) is 24.4 Å². The molecule has 2 N–H and O–H groups in total. The molecule has 1 heterocycles. The van der Waals surface area contributed by atoms with Crippen LogP contribution in [-0.2, 0) is 13.0 Å². The maximum Gasteiger partial charge on any atom is 0.0498 e. The summed E-state index contributed by atoms with van der Waals surface area (Å²) in [5.74, 6) is 0.613. The van der Waals surface area contributed by atoms with E-state index >= 15 is 0 Å². The van der Waals surface area contributed by atoms with Crippen molar-refractivity contribution in [3.8, 4) is 0 Å². The summed E-state index contributed by atoms with van der Waals surface area (Å²) in [5.41, 5.74) is 8.66. The molecule has 1 aromatic heterocycles. The summed E-state index contributed by atoms with van der Waals surface area (Å²) < 4.78 is 2.31. The standard InChI is InChI=1S/C16H23ClN2/c1-4-14(18)7-12-10-19(9-11(2)3)16-8-13(17)5-6-15(12)16/h5-6,8,10-11,14H,4,7,9,18H2,1-3H3. The number of hydrogen-bond donors (Lipinski definition) is 1. The summed E-state index contributed by atoms with van der Waals surface area (Å²) in [6.45, 7) is 7.61. The van der Waals surface area contributed by atoms with Gasteiger partial charge in [-0.3, -0.25) is 0 Å². The number of halogens is 1.